The molecular formula is C9H8BrFO3. The normalized spacial score (nSPS) is 9.93. The maximum Gasteiger partial charge on any atom is 0.337 e. The predicted octanol–water partition coefficient (Wildman–Crippen LogP) is 2.14. The summed E-state index contributed by atoms with van der Waals surface area (Å²) in [4.78, 5) is 11.0. The second-order valence-electron chi connectivity index (χ2n) is 2.48. The van der Waals surface area contributed by atoms with Gasteiger partial charge in [-0.25, -0.2) is 9.18 Å². The molecule has 0 amide bonds. The summed E-state index contributed by atoms with van der Waals surface area (Å²) in [6, 6.07) is 3.95. The highest BCUT2D eigenvalue weighted by Gasteiger charge is 2.06. The molecule has 0 aliphatic heterocycles. The van der Waals surface area contributed by atoms with E-state index in [1.165, 1.54) is 25.3 Å². The van der Waals surface area contributed by atoms with Gasteiger partial charge in [-0.05, 0) is 34.1 Å². The van der Waals surface area contributed by atoms with Crippen LogP contribution in [0.4, 0.5) is 4.39 Å². The number of methoxy groups -OCH3 is 1. The number of carbonyl (C=O) groups is 1. The van der Waals surface area contributed by atoms with Gasteiger partial charge < -0.3 is 9.47 Å². The molecule has 1 aromatic rings. The molecule has 0 heterocycles. The number of ether oxygens (including phenoxy) is 2. The third kappa shape index (κ3) is 3.08. The van der Waals surface area contributed by atoms with Crippen molar-refractivity contribution in [1.29, 1.82) is 0 Å². The van der Waals surface area contributed by atoms with E-state index in [2.05, 4.69) is 20.7 Å². The summed E-state index contributed by atoms with van der Waals surface area (Å²) in [5, 5.41) is 0. The zero-order valence-corrected chi connectivity index (χ0v) is 9.01. The van der Waals surface area contributed by atoms with E-state index in [1.54, 1.807) is 0 Å². The van der Waals surface area contributed by atoms with Crippen LogP contribution in [-0.4, -0.2) is 19.7 Å². The molecule has 0 aromatic heterocycles. The average molecular weight is 263 g/mol. The first-order chi connectivity index (χ1) is 6.63. The second-order valence-corrected chi connectivity index (χ2v) is 3.34. The smallest absolute Gasteiger partial charge is 0.337 e. The highest BCUT2D eigenvalue weighted by atomic mass is 79.9. The fourth-order valence-electron chi connectivity index (χ4n) is 0.819. The van der Waals surface area contributed by atoms with Gasteiger partial charge in [0.2, 0.25) is 0 Å². The molecule has 3 nitrogen and oxygen atoms in total. The molecule has 0 fully saturated rings. The van der Waals surface area contributed by atoms with E-state index in [-0.39, 0.29) is 16.8 Å². The van der Waals surface area contributed by atoms with Crippen LogP contribution in [0.15, 0.2) is 22.7 Å². The first-order valence-electron chi connectivity index (χ1n) is 3.78. The molecule has 0 aliphatic carbocycles. The van der Waals surface area contributed by atoms with Gasteiger partial charge in [-0.15, -0.1) is 0 Å². The lowest BCUT2D eigenvalue weighted by molar-refractivity contribution is -0.138. The van der Waals surface area contributed by atoms with Gasteiger partial charge in [-0.3, -0.25) is 0 Å². The number of hydrogen-bond donors (Lipinski definition) is 0. The van der Waals surface area contributed by atoms with Gasteiger partial charge in [0.15, 0.2) is 0 Å². The van der Waals surface area contributed by atoms with Crippen molar-refractivity contribution in [3.63, 3.8) is 0 Å². The van der Waals surface area contributed by atoms with Gasteiger partial charge in [-0.2, -0.15) is 0 Å². The SMILES string of the molecule is COCC(=O)Oc1ccc(F)c(Br)c1. The van der Waals surface area contributed by atoms with E-state index >= 15 is 0 Å². The van der Waals surface area contributed by atoms with Crippen molar-refractivity contribution in [1.82, 2.24) is 0 Å². The maximum absolute atomic E-state index is 12.8. The quantitative estimate of drug-likeness (QED) is 0.619. The molecule has 0 saturated carbocycles. The Bertz CT molecular complexity index is 341. The first-order valence-corrected chi connectivity index (χ1v) is 4.57. The van der Waals surface area contributed by atoms with Crippen LogP contribution in [0.1, 0.15) is 0 Å². The van der Waals surface area contributed by atoms with Crippen LogP contribution in [-0.2, 0) is 9.53 Å². The number of halogens is 2. The van der Waals surface area contributed by atoms with E-state index in [9.17, 15) is 9.18 Å². The van der Waals surface area contributed by atoms with Crippen molar-refractivity contribution in [3.8, 4) is 5.75 Å². The molecule has 0 atom stereocenters. The third-order valence-electron chi connectivity index (χ3n) is 1.38. The molecule has 0 N–H and O–H groups in total. The highest BCUT2D eigenvalue weighted by molar-refractivity contribution is 9.10. The Labute approximate surface area is 88.9 Å². The molecule has 1 aromatic carbocycles. The minimum atomic E-state index is -0.522. The Hall–Kier alpha value is -0.940. The van der Waals surface area contributed by atoms with Crippen LogP contribution in [0.2, 0.25) is 0 Å². The monoisotopic (exact) mass is 262 g/mol. The van der Waals surface area contributed by atoms with Crippen molar-refractivity contribution < 1.29 is 18.7 Å². The summed E-state index contributed by atoms with van der Waals surface area (Å²) in [6.45, 7) is -0.130. The second kappa shape index (κ2) is 5.07. The lowest BCUT2D eigenvalue weighted by atomic mass is 10.3. The van der Waals surface area contributed by atoms with Crippen LogP contribution in [0, 0.1) is 5.82 Å². The summed E-state index contributed by atoms with van der Waals surface area (Å²) in [6.07, 6.45) is 0. The topological polar surface area (TPSA) is 35.5 Å². The highest BCUT2D eigenvalue weighted by Crippen LogP contribution is 2.21. The Morgan fingerprint density at radius 2 is 2.29 bits per heavy atom. The minimum absolute atomic E-state index is 0.130. The van der Waals surface area contributed by atoms with Gasteiger partial charge in [0.05, 0.1) is 4.47 Å². The summed E-state index contributed by atoms with van der Waals surface area (Å²) < 4.78 is 22.4. The molecule has 0 saturated heterocycles. The molecule has 14 heavy (non-hydrogen) atoms. The fraction of sp³-hybridized carbons (Fsp3) is 0.222. The van der Waals surface area contributed by atoms with E-state index < -0.39 is 11.8 Å². The fourth-order valence-corrected chi connectivity index (χ4v) is 1.18. The van der Waals surface area contributed by atoms with Crippen molar-refractivity contribution in [3.05, 3.63) is 28.5 Å². The van der Waals surface area contributed by atoms with Crippen molar-refractivity contribution in [2.24, 2.45) is 0 Å². The van der Waals surface area contributed by atoms with Crippen LogP contribution < -0.4 is 4.74 Å². The van der Waals surface area contributed by atoms with Gasteiger partial charge >= 0.3 is 5.97 Å². The van der Waals surface area contributed by atoms with Crippen LogP contribution in [0.25, 0.3) is 0 Å². The molecule has 0 unspecified atom stereocenters. The zero-order chi connectivity index (χ0) is 10.6. The number of carbonyl (C=O) groups excluding carboxylic acids is 1. The summed E-state index contributed by atoms with van der Waals surface area (Å²) >= 11 is 2.98. The van der Waals surface area contributed by atoms with E-state index in [4.69, 9.17) is 4.74 Å². The largest absolute Gasteiger partial charge is 0.425 e. The van der Waals surface area contributed by atoms with Gasteiger partial charge in [0, 0.05) is 7.11 Å². The molecule has 5 heteroatoms. The Balaban J connectivity index is 2.68. The maximum atomic E-state index is 12.8. The third-order valence-corrected chi connectivity index (χ3v) is 1.99. The lowest BCUT2D eigenvalue weighted by Crippen LogP contribution is -2.14. The van der Waals surface area contributed by atoms with E-state index in [0.717, 1.165) is 0 Å². The van der Waals surface area contributed by atoms with E-state index in [1.807, 2.05) is 0 Å². The van der Waals surface area contributed by atoms with Crippen LogP contribution >= 0.6 is 15.9 Å². The minimum Gasteiger partial charge on any atom is -0.425 e. The first kappa shape index (κ1) is 11.1. The molecule has 0 aliphatic rings. The summed E-state index contributed by atoms with van der Waals surface area (Å²) in [5.74, 6) is -0.650. The molecule has 0 spiro atoms. The Morgan fingerprint density at radius 3 is 2.86 bits per heavy atom. The number of esters is 1. The van der Waals surface area contributed by atoms with Crippen molar-refractivity contribution in [2.75, 3.05) is 13.7 Å². The molecule has 0 bridgehead atoms. The molecule has 76 valence electrons. The summed E-state index contributed by atoms with van der Waals surface area (Å²) in [5.41, 5.74) is 0. The molecular weight excluding hydrogens is 255 g/mol. The van der Waals surface area contributed by atoms with Crippen molar-refractivity contribution >= 4 is 21.9 Å². The van der Waals surface area contributed by atoms with Gasteiger partial charge in [0.25, 0.3) is 0 Å². The zero-order valence-electron chi connectivity index (χ0n) is 7.42. The molecule has 1 rings (SSSR count). The molecule has 0 radical (unpaired) electrons. The van der Waals surface area contributed by atoms with Gasteiger partial charge in [0.1, 0.15) is 18.2 Å². The van der Waals surface area contributed by atoms with E-state index in [0.29, 0.717) is 0 Å². The van der Waals surface area contributed by atoms with Crippen LogP contribution in [0.3, 0.4) is 0 Å². The summed E-state index contributed by atoms with van der Waals surface area (Å²) in [7, 11) is 1.39. The van der Waals surface area contributed by atoms with Crippen LogP contribution in [0.5, 0.6) is 5.75 Å². The van der Waals surface area contributed by atoms with Crippen molar-refractivity contribution in [2.45, 2.75) is 0 Å². The predicted molar refractivity (Wildman–Crippen MR) is 51.6 cm³/mol. The van der Waals surface area contributed by atoms with Gasteiger partial charge in [-0.1, -0.05) is 0 Å². The number of rotatable bonds is 3. The Kier molecular flexibility index (Phi) is 4.03. The Morgan fingerprint density at radius 1 is 1.57 bits per heavy atom. The number of hydrogen-bond acceptors (Lipinski definition) is 3. The average Bonchev–Trinajstić information content (AvgIpc) is 2.12. The lowest BCUT2D eigenvalue weighted by Gasteiger charge is -2.03. The standard InChI is InChI=1S/C9H8BrFO3/c1-13-5-9(12)14-6-2-3-8(11)7(10)4-6/h2-4H,5H2,1H3. The number of benzene rings is 1.